The van der Waals surface area contributed by atoms with Crippen LogP contribution in [-0.4, -0.2) is 27.9 Å². The lowest BCUT2D eigenvalue weighted by Gasteiger charge is -2.21. The molecule has 2 rings (SSSR count). The molecule has 1 aliphatic heterocycles. The number of halogens is 1. The Morgan fingerprint density at radius 3 is 2.69 bits per heavy atom. The van der Waals surface area contributed by atoms with Gasteiger partial charge < -0.3 is 5.32 Å². The Morgan fingerprint density at radius 1 is 1.46 bits per heavy atom. The predicted octanol–water partition coefficient (Wildman–Crippen LogP) is 0.935. The first-order valence-corrected chi connectivity index (χ1v) is 4.92. The summed E-state index contributed by atoms with van der Waals surface area (Å²) in [5.74, 6) is 1.54. The number of piperidine rings is 1. The van der Waals surface area contributed by atoms with Crippen LogP contribution in [0, 0.1) is 0 Å². The highest BCUT2D eigenvalue weighted by molar-refractivity contribution is 6.28. The molecule has 0 amide bonds. The minimum Gasteiger partial charge on any atom is -0.317 e. The van der Waals surface area contributed by atoms with Gasteiger partial charge in [0.25, 0.3) is 0 Å². The van der Waals surface area contributed by atoms with Gasteiger partial charge >= 0.3 is 0 Å². The fourth-order valence-corrected chi connectivity index (χ4v) is 2.00. The minimum absolute atomic E-state index is 0.357. The first-order valence-electron chi connectivity index (χ1n) is 4.54. The second kappa shape index (κ2) is 3.64. The van der Waals surface area contributed by atoms with E-state index >= 15 is 0 Å². The molecule has 0 unspecified atom stereocenters. The molecule has 1 aromatic heterocycles. The number of nitrogens with zero attached hydrogens (tertiary/aromatic N) is 3. The van der Waals surface area contributed by atoms with Crippen LogP contribution >= 0.6 is 11.6 Å². The van der Waals surface area contributed by atoms with Gasteiger partial charge in [0, 0.05) is 13.0 Å². The van der Waals surface area contributed by atoms with Crippen LogP contribution in [0.25, 0.3) is 0 Å². The zero-order valence-corrected chi connectivity index (χ0v) is 8.38. The highest BCUT2D eigenvalue weighted by atomic mass is 35.5. The van der Waals surface area contributed by atoms with Crippen molar-refractivity contribution in [1.29, 1.82) is 0 Å². The van der Waals surface area contributed by atoms with Gasteiger partial charge in [0.2, 0.25) is 5.28 Å². The summed E-state index contributed by atoms with van der Waals surface area (Å²) in [5.41, 5.74) is 0. The molecule has 1 saturated heterocycles. The predicted molar refractivity (Wildman–Crippen MR) is 50.9 cm³/mol. The van der Waals surface area contributed by atoms with Crippen molar-refractivity contribution < 1.29 is 0 Å². The maximum Gasteiger partial charge on any atom is 0.242 e. The Balaban J connectivity index is 2.18. The van der Waals surface area contributed by atoms with Gasteiger partial charge in [-0.25, -0.2) is 4.98 Å². The van der Waals surface area contributed by atoms with Crippen molar-refractivity contribution in [2.24, 2.45) is 7.05 Å². The quantitative estimate of drug-likeness (QED) is 0.734. The molecule has 2 heterocycles. The molecule has 0 bridgehead atoms. The molecule has 72 valence electrons. The van der Waals surface area contributed by atoms with Crippen LogP contribution in [0.4, 0.5) is 0 Å². The van der Waals surface area contributed by atoms with Crippen LogP contribution in [0.15, 0.2) is 0 Å². The molecule has 13 heavy (non-hydrogen) atoms. The lowest BCUT2D eigenvalue weighted by molar-refractivity contribution is 0.432. The largest absolute Gasteiger partial charge is 0.317 e. The lowest BCUT2D eigenvalue weighted by atomic mass is 9.97. The number of hydrogen-bond acceptors (Lipinski definition) is 3. The van der Waals surface area contributed by atoms with Crippen LogP contribution in [0.2, 0.25) is 5.28 Å². The van der Waals surface area contributed by atoms with Crippen LogP contribution < -0.4 is 5.32 Å². The van der Waals surface area contributed by atoms with Gasteiger partial charge in [-0.1, -0.05) is 0 Å². The smallest absolute Gasteiger partial charge is 0.242 e. The normalized spacial score (nSPS) is 19.2. The Bertz CT molecular complexity index is 290. The first kappa shape index (κ1) is 8.97. The van der Waals surface area contributed by atoms with Crippen molar-refractivity contribution in [3.63, 3.8) is 0 Å². The van der Waals surface area contributed by atoms with E-state index in [9.17, 15) is 0 Å². The average Bonchev–Trinajstić information content (AvgIpc) is 2.47. The highest BCUT2D eigenvalue weighted by Crippen LogP contribution is 2.23. The summed E-state index contributed by atoms with van der Waals surface area (Å²) >= 11 is 5.73. The first-order chi connectivity index (χ1) is 6.27. The van der Waals surface area contributed by atoms with Crippen LogP contribution in [-0.2, 0) is 7.05 Å². The fraction of sp³-hybridized carbons (Fsp3) is 0.750. The third-order valence-electron chi connectivity index (χ3n) is 2.48. The van der Waals surface area contributed by atoms with Crippen molar-refractivity contribution in [3.8, 4) is 0 Å². The van der Waals surface area contributed by atoms with Crippen molar-refractivity contribution in [1.82, 2.24) is 20.1 Å². The number of rotatable bonds is 1. The van der Waals surface area contributed by atoms with E-state index in [2.05, 4.69) is 15.4 Å². The SMILES string of the molecule is Cn1nc(Cl)nc1C1CCNCC1. The number of aromatic nitrogens is 3. The molecule has 0 atom stereocenters. The van der Waals surface area contributed by atoms with Crippen molar-refractivity contribution in [2.75, 3.05) is 13.1 Å². The monoisotopic (exact) mass is 200 g/mol. The molecular formula is C8H13ClN4. The third kappa shape index (κ3) is 1.84. The van der Waals surface area contributed by atoms with E-state index in [0.29, 0.717) is 11.2 Å². The zero-order valence-electron chi connectivity index (χ0n) is 7.63. The van der Waals surface area contributed by atoms with Gasteiger partial charge in [-0.05, 0) is 37.5 Å². The molecule has 1 fully saturated rings. The third-order valence-corrected chi connectivity index (χ3v) is 2.64. The van der Waals surface area contributed by atoms with E-state index in [0.717, 1.165) is 31.8 Å². The van der Waals surface area contributed by atoms with Gasteiger partial charge in [-0.15, -0.1) is 5.10 Å². The molecule has 0 spiro atoms. The van der Waals surface area contributed by atoms with Gasteiger partial charge in [-0.2, -0.15) is 0 Å². The summed E-state index contributed by atoms with van der Waals surface area (Å²) in [6, 6.07) is 0. The Hall–Kier alpha value is -0.610. The average molecular weight is 201 g/mol. The fourth-order valence-electron chi connectivity index (χ4n) is 1.80. The summed E-state index contributed by atoms with van der Waals surface area (Å²) in [5, 5.41) is 7.71. The van der Waals surface area contributed by atoms with E-state index < -0.39 is 0 Å². The molecule has 4 nitrogen and oxygen atoms in total. The molecular weight excluding hydrogens is 188 g/mol. The van der Waals surface area contributed by atoms with E-state index in [-0.39, 0.29) is 0 Å². The second-order valence-electron chi connectivity index (χ2n) is 3.39. The van der Waals surface area contributed by atoms with E-state index in [1.165, 1.54) is 0 Å². The Labute approximate surface area is 82.3 Å². The molecule has 0 saturated carbocycles. The summed E-state index contributed by atoms with van der Waals surface area (Å²) in [6.45, 7) is 2.13. The van der Waals surface area contributed by atoms with E-state index in [1.807, 2.05) is 7.05 Å². The van der Waals surface area contributed by atoms with Crippen molar-refractivity contribution in [2.45, 2.75) is 18.8 Å². The van der Waals surface area contributed by atoms with Crippen molar-refractivity contribution >= 4 is 11.6 Å². The Kier molecular flexibility index (Phi) is 2.51. The molecule has 1 aliphatic rings. The summed E-state index contributed by atoms with van der Waals surface area (Å²) in [6.07, 6.45) is 2.26. The van der Waals surface area contributed by atoms with Crippen molar-refractivity contribution in [3.05, 3.63) is 11.1 Å². The summed E-state index contributed by atoms with van der Waals surface area (Å²) in [7, 11) is 1.90. The maximum atomic E-state index is 5.73. The number of aryl methyl sites for hydroxylation is 1. The van der Waals surface area contributed by atoms with Gasteiger partial charge in [-0.3, -0.25) is 4.68 Å². The molecule has 0 aliphatic carbocycles. The molecule has 1 aromatic rings. The maximum absolute atomic E-state index is 5.73. The minimum atomic E-state index is 0.357. The summed E-state index contributed by atoms with van der Waals surface area (Å²) < 4.78 is 1.79. The van der Waals surface area contributed by atoms with E-state index in [1.54, 1.807) is 4.68 Å². The van der Waals surface area contributed by atoms with Gasteiger partial charge in [0.05, 0.1) is 0 Å². The van der Waals surface area contributed by atoms with E-state index in [4.69, 9.17) is 11.6 Å². The van der Waals surface area contributed by atoms with Gasteiger partial charge in [0.1, 0.15) is 5.82 Å². The van der Waals surface area contributed by atoms with Crippen LogP contribution in [0.5, 0.6) is 0 Å². The molecule has 0 aromatic carbocycles. The van der Waals surface area contributed by atoms with Crippen LogP contribution in [0.1, 0.15) is 24.6 Å². The zero-order chi connectivity index (χ0) is 9.26. The lowest BCUT2D eigenvalue weighted by Crippen LogP contribution is -2.27. The topological polar surface area (TPSA) is 42.7 Å². The molecule has 1 N–H and O–H groups in total. The Morgan fingerprint density at radius 2 is 2.15 bits per heavy atom. The van der Waals surface area contributed by atoms with Gasteiger partial charge in [0.15, 0.2) is 0 Å². The van der Waals surface area contributed by atoms with Crippen LogP contribution in [0.3, 0.4) is 0 Å². The number of hydrogen-bond donors (Lipinski definition) is 1. The second-order valence-corrected chi connectivity index (χ2v) is 3.72. The molecule has 0 radical (unpaired) electrons. The molecule has 5 heteroatoms. The standard InChI is InChI=1S/C8H13ClN4/c1-13-7(11-8(9)12-13)6-2-4-10-5-3-6/h6,10H,2-5H2,1H3. The highest BCUT2D eigenvalue weighted by Gasteiger charge is 2.20. The number of nitrogens with one attached hydrogen (secondary N) is 1. The summed E-state index contributed by atoms with van der Waals surface area (Å²) in [4.78, 5) is 4.22.